The first kappa shape index (κ1) is 13.8. The van der Waals surface area contributed by atoms with Gasteiger partial charge in [-0.1, -0.05) is 0 Å². The predicted molar refractivity (Wildman–Crippen MR) is 61.7 cm³/mol. The van der Waals surface area contributed by atoms with E-state index in [-0.39, 0.29) is 5.78 Å². The van der Waals surface area contributed by atoms with Gasteiger partial charge >= 0.3 is 0 Å². The number of aromatic nitrogens is 3. The first-order valence-electron chi connectivity index (χ1n) is 5.73. The molecule has 0 spiro atoms. The highest BCUT2D eigenvalue weighted by atomic mass is 16.5. The maximum Gasteiger partial charge on any atom is 0.142 e. The van der Waals surface area contributed by atoms with Crippen molar-refractivity contribution in [1.29, 1.82) is 0 Å². The molecule has 96 valence electrons. The Kier molecular flexibility index (Phi) is 6.42. The number of nitrogens with zero attached hydrogens (tertiary/aromatic N) is 3. The lowest BCUT2D eigenvalue weighted by Gasteiger charge is -2.04. The molecule has 0 saturated carbocycles. The second-order valence-electron chi connectivity index (χ2n) is 3.56. The summed E-state index contributed by atoms with van der Waals surface area (Å²) in [6.45, 7) is 4.21. The summed E-state index contributed by atoms with van der Waals surface area (Å²) in [7, 11) is 1.62. The Morgan fingerprint density at radius 3 is 2.94 bits per heavy atom. The molecular formula is C11H19N3O3. The lowest BCUT2D eigenvalue weighted by molar-refractivity contribution is -0.119. The van der Waals surface area contributed by atoms with Crippen LogP contribution < -0.4 is 0 Å². The van der Waals surface area contributed by atoms with Crippen LogP contribution in [0.25, 0.3) is 0 Å². The molecule has 1 aromatic heterocycles. The summed E-state index contributed by atoms with van der Waals surface area (Å²) in [5.41, 5.74) is 0. The monoisotopic (exact) mass is 241 g/mol. The molecule has 0 atom stereocenters. The zero-order valence-electron chi connectivity index (χ0n) is 10.4. The Bertz CT molecular complexity index is 338. The predicted octanol–water partition coefficient (Wildman–Crippen LogP) is 0.463. The highest BCUT2D eigenvalue weighted by Gasteiger charge is 2.09. The van der Waals surface area contributed by atoms with Crippen LogP contribution in [-0.4, -0.2) is 47.5 Å². The number of rotatable bonds is 9. The van der Waals surface area contributed by atoms with Gasteiger partial charge in [-0.25, -0.2) is 9.67 Å². The Balaban J connectivity index is 2.21. The van der Waals surface area contributed by atoms with E-state index >= 15 is 0 Å². The number of ketones is 1. The van der Waals surface area contributed by atoms with E-state index in [9.17, 15) is 4.79 Å². The molecule has 6 heteroatoms. The minimum absolute atomic E-state index is 0.116. The lowest BCUT2D eigenvalue weighted by atomic mass is 10.2. The van der Waals surface area contributed by atoms with Crippen molar-refractivity contribution in [1.82, 2.24) is 14.8 Å². The van der Waals surface area contributed by atoms with Crippen LogP contribution in [0.5, 0.6) is 0 Å². The molecule has 0 N–H and O–H groups in total. The molecule has 0 radical (unpaired) electrons. The van der Waals surface area contributed by atoms with Gasteiger partial charge in [0.2, 0.25) is 0 Å². The van der Waals surface area contributed by atoms with E-state index < -0.39 is 0 Å². The molecule has 1 aromatic rings. The van der Waals surface area contributed by atoms with Gasteiger partial charge in [-0.2, -0.15) is 5.10 Å². The first-order valence-corrected chi connectivity index (χ1v) is 5.73. The number of Topliss-reactive ketones (excluding diaryl/α,β-unsaturated/α-hetero) is 1. The van der Waals surface area contributed by atoms with E-state index in [0.29, 0.717) is 32.7 Å². The van der Waals surface area contributed by atoms with Crippen LogP contribution >= 0.6 is 0 Å². The fourth-order valence-electron chi connectivity index (χ4n) is 1.38. The third-order valence-corrected chi connectivity index (χ3v) is 2.31. The second-order valence-corrected chi connectivity index (χ2v) is 3.56. The van der Waals surface area contributed by atoms with Gasteiger partial charge in [-0.05, 0) is 6.92 Å². The number of methoxy groups -OCH3 is 1. The van der Waals surface area contributed by atoms with Crippen LogP contribution in [-0.2, 0) is 27.2 Å². The quantitative estimate of drug-likeness (QED) is 0.588. The molecule has 17 heavy (non-hydrogen) atoms. The lowest BCUT2D eigenvalue weighted by Crippen LogP contribution is -2.13. The summed E-state index contributed by atoms with van der Waals surface area (Å²) in [6.07, 6.45) is 2.20. The van der Waals surface area contributed by atoms with Crippen molar-refractivity contribution >= 4 is 5.78 Å². The third kappa shape index (κ3) is 5.06. The van der Waals surface area contributed by atoms with Crippen molar-refractivity contribution in [2.24, 2.45) is 0 Å². The number of hydrogen-bond donors (Lipinski definition) is 0. The average molecular weight is 241 g/mol. The molecule has 0 bridgehead atoms. The maximum absolute atomic E-state index is 11.6. The summed E-state index contributed by atoms with van der Waals surface area (Å²) in [4.78, 5) is 15.7. The van der Waals surface area contributed by atoms with Crippen molar-refractivity contribution < 1.29 is 14.3 Å². The molecular weight excluding hydrogens is 222 g/mol. The zero-order chi connectivity index (χ0) is 12.5. The summed E-state index contributed by atoms with van der Waals surface area (Å²) >= 11 is 0. The number of carbonyl (C=O) groups excluding carboxylic acids is 1. The van der Waals surface area contributed by atoms with E-state index in [1.165, 1.54) is 6.33 Å². The third-order valence-electron chi connectivity index (χ3n) is 2.31. The van der Waals surface area contributed by atoms with E-state index in [1.807, 2.05) is 6.92 Å². The topological polar surface area (TPSA) is 66.2 Å². The average Bonchev–Trinajstić information content (AvgIpc) is 2.76. The van der Waals surface area contributed by atoms with Crippen molar-refractivity contribution in [2.45, 2.75) is 26.3 Å². The fourth-order valence-corrected chi connectivity index (χ4v) is 1.38. The minimum Gasteiger partial charge on any atom is -0.382 e. The first-order chi connectivity index (χ1) is 8.27. The van der Waals surface area contributed by atoms with Crippen LogP contribution in [0.1, 0.15) is 19.2 Å². The van der Waals surface area contributed by atoms with Gasteiger partial charge in [0.1, 0.15) is 17.9 Å². The fraction of sp³-hybridized carbons (Fsp3) is 0.727. The number of ether oxygens (including phenoxy) is 2. The zero-order valence-corrected chi connectivity index (χ0v) is 10.4. The highest BCUT2D eigenvalue weighted by Crippen LogP contribution is 1.99. The molecule has 0 aromatic carbocycles. The van der Waals surface area contributed by atoms with E-state index in [2.05, 4.69) is 10.1 Å². The van der Waals surface area contributed by atoms with Gasteiger partial charge in [0.05, 0.1) is 26.2 Å². The van der Waals surface area contributed by atoms with Crippen LogP contribution in [0.2, 0.25) is 0 Å². The largest absolute Gasteiger partial charge is 0.382 e. The molecule has 1 rings (SSSR count). The smallest absolute Gasteiger partial charge is 0.142 e. The van der Waals surface area contributed by atoms with Crippen molar-refractivity contribution in [3.63, 3.8) is 0 Å². The Morgan fingerprint density at radius 1 is 1.41 bits per heavy atom. The number of carbonyl (C=O) groups is 1. The van der Waals surface area contributed by atoms with Crippen LogP contribution in [0.4, 0.5) is 0 Å². The van der Waals surface area contributed by atoms with E-state index in [4.69, 9.17) is 9.47 Å². The summed E-state index contributed by atoms with van der Waals surface area (Å²) < 4.78 is 11.8. The van der Waals surface area contributed by atoms with Crippen LogP contribution in [0, 0.1) is 0 Å². The minimum atomic E-state index is 0.116. The molecule has 0 fully saturated rings. The van der Waals surface area contributed by atoms with Gasteiger partial charge in [0, 0.05) is 20.1 Å². The van der Waals surface area contributed by atoms with Crippen LogP contribution in [0.3, 0.4) is 0 Å². The summed E-state index contributed by atoms with van der Waals surface area (Å²) in [6, 6.07) is 0. The molecule has 0 unspecified atom stereocenters. The molecule has 0 aliphatic rings. The Morgan fingerprint density at radius 2 is 2.24 bits per heavy atom. The van der Waals surface area contributed by atoms with Crippen LogP contribution in [0.15, 0.2) is 6.33 Å². The van der Waals surface area contributed by atoms with E-state index in [1.54, 1.807) is 11.8 Å². The molecule has 6 nitrogen and oxygen atoms in total. The maximum atomic E-state index is 11.6. The summed E-state index contributed by atoms with van der Waals surface area (Å²) in [5, 5.41) is 4.01. The Hall–Kier alpha value is -1.27. The molecule has 0 aliphatic heterocycles. The molecule has 0 saturated heterocycles. The highest BCUT2D eigenvalue weighted by molar-refractivity contribution is 5.80. The van der Waals surface area contributed by atoms with Gasteiger partial charge in [0.15, 0.2) is 0 Å². The molecule has 0 aliphatic carbocycles. The standard InChI is InChI=1S/C11H19N3O3/c1-3-14-11(12-9-13-14)8-10(15)4-5-17-7-6-16-2/h9H,3-8H2,1-2H3. The molecule has 0 amide bonds. The second kappa shape index (κ2) is 7.92. The van der Waals surface area contributed by atoms with Gasteiger partial charge in [-0.15, -0.1) is 0 Å². The Labute approximate surface area is 101 Å². The normalized spacial score (nSPS) is 10.7. The van der Waals surface area contributed by atoms with Crippen molar-refractivity contribution in [3.8, 4) is 0 Å². The van der Waals surface area contributed by atoms with E-state index in [0.717, 1.165) is 12.4 Å². The SMILES string of the molecule is CCn1ncnc1CC(=O)CCOCCOC. The van der Waals surface area contributed by atoms with Gasteiger partial charge in [-0.3, -0.25) is 4.79 Å². The summed E-state index contributed by atoms with van der Waals surface area (Å²) in [5.74, 6) is 0.833. The van der Waals surface area contributed by atoms with Crippen molar-refractivity contribution in [2.75, 3.05) is 26.9 Å². The number of hydrogen-bond acceptors (Lipinski definition) is 5. The van der Waals surface area contributed by atoms with Crippen molar-refractivity contribution in [3.05, 3.63) is 12.2 Å². The van der Waals surface area contributed by atoms with Gasteiger partial charge in [0.25, 0.3) is 0 Å². The molecule has 1 heterocycles. The number of aryl methyl sites for hydroxylation is 1. The van der Waals surface area contributed by atoms with Gasteiger partial charge < -0.3 is 9.47 Å².